The van der Waals surface area contributed by atoms with Crippen LogP contribution in [-0.4, -0.2) is 73.7 Å². The molecule has 0 aromatic rings. The van der Waals surface area contributed by atoms with Crippen LogP contribution in [0, 0.1) is 0 Å². The molecule has 3 aliphatic rings. The van der Waals surface area contributed by atoms with Crippen LogP contribution in [0.15, 0.2) is 0 Å². The SMILES string of the molecule is CN1CCC(N(C(=O)C2CNCCO2)C2CC2)CC1. The summed E-state index contributed by atoms with van der Waals surface area (Å²) in [6.07, 6.45) is 4.32. The minimum atomic E-state index is -0.256. The van der Waals surface area contributed by atoms with Crippen molar-refractivity contribution in [1.82, 2.24) is 15.1 Å². The Labute approximate surface area is 115 Å². The molecule has 2 heterocycles. The smallest absolute Gasteiger partial charge is 0.253 e. The first-order valence-corrected chi connectivity index (χ1v) is 7.59. The van der Waals surface area contributed by atoms with Crippen LogP contribution in [0.2, 0.25) is 0 Å². The number of rotatable bonds is 3. The summed E-state index contributed by atoms with van der Waals surface area (Å²) in [5.41, 5.74) is 0. The van der Waals surface area contributed by atoms with Gasteiger partial charge in [0, 0.05) is 25.2 Å². The number of piperidine rings is 1. The van der Waals surface area contributed by atoms with E-state index in [2.05, 4.69) is 22.2 Å². The maximum Gasteiger partial charge on any atom is 0.253 e. The largest absolute Gasteiger partial charge is 0.366 e. The van der Waals surface area contributed by atoms with E-state index in [9.17, 15) is 4.79 Å². The summed E-state index contributed by atoms with van der Waals surface area (Å²) in [6, 6.07) is 0.924. The molecule has 2 saturated heterocycles. The van der Waals surface area contributed by atoms with Gasteiger partial charge in [-0.2, -0.15) is 0 Å². The maximum atomic E-state index is 12.7. The highest BCUT2D eigenvalue weighted by molar-refractivity contribution is 5.82. The Bertz CT molecular complexity index is 319. The lowest BCUT2D eigenvalue weighted by molar-refractivity contribution is -0.149. The Morgan fingerprint density at radius 3 is 2.47 bits per heavy atom. The van der Waals surface area contributed by atoms with Crippen LogP contribution in [0.25, 0.3) is 0 Å². The molecule has 19 heavy (non-hydrogen) atoms. The number of carbonyl (C=O) groups is 1. The fraction of sp³-hybridized carbons (Fsp3) is 0.929. The van der Waals surface area contributed by atoms with E-state index in [0.717, 1.165) is 32.5 Å². The van der Waals surface area contributed by atoms with E-state index in [0.29, 0.717) is 25.2 Å². The summed E-state index contributed by atoms with van der Waals surface area (Å²) in [7, 11) is 2.16. The van der Waals surface area contributed by atoms with Crippen molar-refractivity contribution in [3.63, 3.8) is 0 Å². The first-order chi connectivity index (χ1) is 9.25. The van der Waals surface area contributed by atoms with Crippen molar-refractivity contribution in [3.8, 4) is 0 Å². The molecule has 1 atom stereocenters. The van der Waals surface area contributed by atoms with E-state index < -0.39 is 0 Å². The van der Waals surface area contributed by atoms with Crippen molar-refractivity contribution in [2.45, 2.75) is 43.9 Å². The second-order valence-corrected chi connectivity index (χ2v) is 6.07. The van der Waals surface area contributed by atoms with Crippen LogP contribution in [0.5, 0.6) is 0 Å². The number of morpholine rings is 1. The average Bonchev–Trinajstić information content (AvgIpc) is 3.27. The molecule has 0 aromatic heterocycles. The zero-order valence-electron chi connectivity index (χ0n) is 11.8. The third-order valence-electron chi connectivity index (χ3n) is 4.48. The van der Waals surface area contributed by atoms with Gasteiger partial charge in [-0.1, -0.05) is 0 Å². The number of likely N-dealkylation sites (tertiary alicyclic amines) is 1. The van der Waals surface area contributed by atoms with E-state index >= 15 is 0 Å². The third-order valence-corrected chi connectivity index (χ3v) is 4.48. The van der Waals surface area contributed by atoms with Gasteiger partial charge in [0.05, 0.1) is 6.61 Å². The topological polar surface area (TPSA) is 44.8 Å². The van der Waals surface area contributed by atoms with Gasteiger partial charge in [0.25, 0.3) is 5.91 Å². The van der Waals surface area contributed by atoms with Gasteiger partial charge in [0.2, 0.25) is 0 Å². The van der Waals surface area contributed by atoms with Crippen molar-refractivity contribution in [2.75, 3.05) is 39.8 Å². The molecule has 0 spiro atoms. The predicted molar refractivity (Wildman–Crippen MR) is 73.0 cm³/mol. The van der Waals surface area contributed by atoms with Crippen molar-refractivity contribution >= 4 is 5.91 Å². The van der Waals surface area contributed by atoms with Crippen LogP contribution >= 0.6 is 0 Å². The first-order valence-electron chi connectivity index (χ1n) is 7.59. The van der Waals surface area contributed by atoms with Crippen LogP contribution in [0.1, 0.15) is 25.7 Å². The van der Waals surface area contributed by atoms with Gasteiger partial charge < -0.3 is 19.9 Å². The summed E-state index contributed by atoms with van der Waals surface area (Å²) in [6.45, 7) is 4.40. The zero-order valence-corrected chi connectivity index (χ0v) is 11.8. The number of nitrogens with one attached hydrogen (secondary N) is 1. The van der Waals surface area contributed by atoms with Crippen molar-refractivity contribution < 1.29 is 9.53 Å². The summed E-state index contributed by atoms with van der Waals surface area (Å²) >= 11 is 0. The van der Waals surface area contributed by atoms with E-state index in [-0.39, 0.29) is 12.0 Å². The van der Waals surface area contributed by atoms with Crippen LogP contribution in [0.4, 0.5) is 0 Å². The van der Waals surface area contributed by atoms with Gasteiger partial charge in [-0.25, -0.2) is 0 Å². The lowest BCUT2D eigenvalue weighted by Gasteiger charge is -2.39. The summed E-state index contributed by atoms with van der Waals surface area (Å²) in [5, 5.41) is 3.26. The highest BCUT2D eigenvalue weighted by atomic mass is 16.5. The molecule has 3 fully saturated rings. The van der Waals surface area contributed by atoms with Crippen LogP contribution in [-0.2, 0) is 9.53 Å². The van der Waals surface area contributed by atoms with Crippen LogP contribution < -0.4 is 5.32 Å². The Balaban J connectivity index is 1.64. The van der Waals surface area contributed by atoms with Crippen LogP contribution in [0.3, 0.4) is 0 Å². The predicted octanol–water partition coefficient (Wildman–Crippen LogP) is 0.0600. The first kappa shape index (κ1) is 13.3. The molecule has 1 unspecified atom stereocenters. The van der Waals surface area contributed by atoms with Gasteiger partial charge in [0.15, 0.2) is 0 Å². The highest BCUT2D eigenvalue weighted by Crippen LogP contribution is 2.32. The van der Waals surface area contributed by atoms with E-state index in [1.807, 2.05) is 0 Å². The minimum absolute atomic E-state index is 0.226. The summed E-state index contributed by atoms with van der Waals surface area (Å²) in [5.74, 6) is 0.226. The molecule has 1 amide bonds. The number of nitrogens with zero attached hydrogens (tertiary/aromatic N) is 2. The standard InChI is InChI=1S/C14H25N3O2/c1-16-7-4-12(5-8-16)17(11-2-3-11)14(18)13-10-15-6-9-19-13/h11-13,15H,2-10H2,1H3. The Hall–Kier alpha value is -0.650. The Morgan fingerprint density at radius 2 is 1.89 bits per heavy atom. The van der Waals surface area contributed by atoms with Gasteiger partial charge in [-0.15, -0.1) is 0 Å². The average molecular weight is 267 g/mol. The summed E-state index contributed by atoms with van der Waals surface area (Å²) in [4.78, 5) is 17.2. The van der Waals surface area contributed by atoms with Crippen molar-refractivity contribution in [2.24, 2.45) is 0 Å². The molecule has 0 radical (unpaired) electrons. The number of hydrogen-bond acceptors (Lipinski definition) is 4. The monoisotopic (exact) mass is 267 g/mol. The minimum Gasteiger partial charge on any atom is -0.366 e. The number of ether oxygens (including phenoxy) is 1. The molecular weight excluding hydrogens is 242 g/mol. The second-order valence-electron chi connectivity index (χ2n) is 6.07. The maximum absolute atomic E-state index is 12.7. The normalized spacial score (nSPS) is 30.3. The lowest BCUT2D eigenvalue weighted by atomic mass is 10.0. The van der Waals surface area contributed by atoms with Gasteiger partial charge in [-0.3, -0.25) is 4.79 Å². The number of carbonyl (C=O) groups excluding carboxylic acids is 1. The highest BCUT2D eigenvalue weighted by Gasteiger charge is 2.41. The molecule has 0 aromatic carbocycles. The molecule has 5 heteroatoms. The van der Waals surface area contributed by atoms with Gasteiger partial charge >= 0.3 is 0 Å². The number of amides is 1. The van der Waals surface area contributed by atoms with E-state index in [1.165, 1.54) is 12.8 Å². The molecule has 5 nitrogen and oxygen atoms in total. The van der Waals surface area contributed by atoms with Gasteiger partial charge in [0.1, 0.15) is 6.10 Å². The lowest BCUT2D eigenvalue weighted by Crippen LogP contribution is -2.55. The molecule has 2 aliphatic heterocycles. The molecule has 0 bridgehead atoms. The number of hydrogen-bond donors (Lipinski definition) is 1. The summed E-state index contributed by atoms with van der Waals surface area (Å²) < 4.78 is 5.65. The van der Waals surface area contributed by atoms with Crippen molar-refractivity contribution in [3.05, 3.63) is 0 Å². The molecule has 1 saturated carbocycles. The molecule has 1 N–H and O–H groups in total. The zero-order chi connectivity index (χ0) is 13.2. The Kier molecular flexibility index (Phi) is 4.05. The second kappa shape index (κ2) is 5.77. The van der Waals surface area contributed by atoms with Crippen molar-refractivity contribution in [1.29, 1.82) is 0 Å². The fourth-order valence-electron chi connectivity index (χ4n) is 3.17. The molecular formula is C14H25N3O2. The molecule has 3 rings (SSSR count). The fourth-order valence-corrected chi connectivity index (χ4v) is 3.17. The van der Waals surface area contributed by atoms with E-state index in [4.69, 9.17) is 4.74 Å². The molecule has 1 aliphatic carbocycles. The Morgan fingerprint density at radius 1 is 1.21 bits per heavy atom. The quantitative estimate of drug-likeness (QED) is 0.785. The van der Waals surface area contributed by atoms with Gasteiger partial charge in [-0.05, 0) is 45.8 Å². The third kappa shape index (κ3) is 3.09. The molecule has 108 valence electrons. The van der Waals surface area contributed by atoms with E-state index in [1.54, 1.807) is 0 Å².